The molecule has 6 nitrogen and oxygen atoms in total. The maximum atomic E-state index is 13.1. The van der Waals surface area contributed by atoms with Crippen LogP contribution < -0.4 is 4.90 Å². The molecular weight excluding hydrogens is 380 g/mol. The van der Waals surface area contributed by atoms with E-state index in [4.69, 9.17) is 0 Å². The lowest BCUT2D eigenvalue weighted by Gasteiger charge is -2.12. The van der Waals surface area contributed by atoms with Gasteiger partial charge >= 0.3 is 0 Å². The Morgan fingerprint density at radius 3 is 2.74 bits per heavy atom. The number of para-hydroxylation sites is 1. The highest BCUT2D eigenvalue weighted by molar-refractivity contribution is 8.18. The van der Waals surface area contributed by atoms with Crippen molar-refractivity contribution in [3.05, 3.63) is 58.5 Å². The largest absolute Gasteiger partial charge is 0.311 e. The molecule has 0 saturated carbocycles. The number of thiazole rings is 1. The smallest absolute Gasteiger partial charge is 0.267 e. The van der Waals surface area contributed by atoms with Crippen LogP contribution in [0.1, 0.15) is 11.3 Å². The van der Waals surface area contributed by atoms with Crippen molar-refractivity contribution in [2.45, 2.75) is 6.92 Å². The fraction of sp³-hybridized carbons (Fsp3) is 0.158. The third kappa shape index (κ3) is 2.90. The SMILES string of the molecule is C=CCN1C(=O)/C(=C2/C(=O)N(C)c3ccccc32)S/C1=N/c1nc(C)cs1. The molecule has 1 saturated heterocycles. The molecule has 1 aromatic carbocycles. The summed E-state index contributed by atoms with van der Waals surface area (Å²) in [7, 11) is 1.72. The van der Waals surface area contributed by atoms with Crippen LogP contribution >= 0.6 is 23.1 Å². The number of thioether (sulfide) groups is 1. The molecule has 0 aliphatic carbocycles. The summed E-state index contributed by atoms with van der Waals surface area (Å²) in [5.41, 5.74) is 2.88. The molecule has 0 atom stereocenters. The normalized spacial score (nSPS) is 20.7. The molecule has 1 fully saturated rings. The van der Waals surface area contributed by atoms with Crippen molar-refractivity contribution in [1.82, 2.24) is 9.88 Å². The van der Waals surface area contributed by atoms with Crippen molar-refractivity contribution in [3.63, 3.8) is 0 Å². The molecule has 2 aliphatic rings. The lowest BCUT2D eigenvalue weighted by atomic mass is 10.1. The molecule has 2 amide bonds. The highest BCUT2D eigenvalue weighted by atomic mass is 32.2. The van der Waals surface area contributed by atoms with Crippen molar-refractivity contribution in [2.75, 3.05) is 18.5 Å². The van der Waals surface area contributed by atoms with E-state index in [0.29, 0.717) is 27.3 Å². The van der Waals surface area contributed by atoms with Crippen LogP contribution in [0.3, 0.4) is 0 Å². The number of benzene rings is 1. The lowest BCUT2D eigenvalue weighted by molar-refractivity contribution is -0.122. The topological polar surface area (TPSA) is 65.9 Å². The minimum absolute atomic E-state index is 0.183. The van der Waals surface area contributed by atoms with E-state index >= 15 is 0 Å². The second-order valence-corrected chi connectivity index (χ2v) is 7.87. The van der Waals surface area contributed by atoms with Crippen molar-refractivity contribution in [1.29, 1.82) is 0 Å². The zero-order chi connectivity index (χ0) is 19.1. The van der Waals surface area contributed by atoms with Crippen LogP contribution in [0.4, 0.5) is 10.8 Å². The van der Waals surface area contributed by atoms with Gasteiger partial charge in [0.1, 0.15) is 0 Å². The number of carbonyl (C=O) groups excluding carboxylic acids is 2. The maximum Gasteiger partial charge on any atom is 0.267 e. The van der Waals surface area contributed by atoms with E-state index in [2.05, 4.69) is 16.6 Å². The molecule has 4 rings (SSSR count). The monoisotopic (exact) mass is 396 g/mol. The van der Waals surface area contributed by atoms with Crippen LogP contribution in [-0.4, -0.2) is 40.5 Å². The molecule has 0 radical (unpaired) electrons. The number of amidine groups is 1. The van der Waals surface area contributed by atoms with Crippen LogP contribution in [-0.2, 0) is 9.59 Å². The van der Waals surface area contributed by atoms with Crippen molar-refractivity contribution in [2.24, 2.45) is 4.99 Å². The summed E-state index contributed by atoms with van der Waals surface area (Å²) in [5, 5.41) is 3.00. The molecule has 1 aromatic heterocycles. The quantitative estimate of drug-likeness (QED) is 0.587. The summed E-state index contributed by atoms with van der Waals surface area (Å²) in [6.45, 7) is 5.94. The van der Waals surface area contributed by atoms with E-state index in [-0.39, 0.29) is 11.8 Å². The Labute approximate surface area is 164 Å². The van der Waals surface area contributed by atoms with Gasteiger partial charge in [-0.05, 0) is 24.8 Å². The Morgan fingerprint density at radius 2 is 2.04 bits per heavy atom. The maximum absolute atomic E-state index is 13.1. The average molecular weight is 396 g/mol. The number of fused-ring (bicyclic) bond motifs is 1. The third-order valence-electron chi connectivity index (χ3n) is 4.25. The van der Waals surface area contributed by atoms with Gasteiger partial charge < -0.3 is 4.90 Å². The molecule has 136 valence electrons. The zero-order valence-electron chi connectivity index (χ0n) is 14.8. The van der Waals surface area contributed by atoms with Crippen LogP contribution in [0.25, 0.3) is 5.57 Å². The number of rotatable bonds is 3. The number of hydrogen-bond acceptors (Lipinski definition) is 6. The average Bonchev–Trinajstić information content (AvgIpc) is 3.27. The first-order valence-corrected chi connectivity index (χ1v) is 9.94. The van der Waals surface area contributed by atoms with E-state index in [0.717, 1.165) is 16.9 Å². The van der Waals surface area contributed by atoms with Crippen molar-refractivity contribution >= 4 is 56.5 Å². The number of aryl methyl sites for hydroxylation is 1. The summed E-state index contributed by atoms with van der Waals surface area (Å²) in [6, 6.07) is 7.48. The fourth-order valence-electron chi connectivity index (χ4n) is 2.99. The van der Waals surface area contributed by atoms with Gasteiger partial charge in [0, 0.05) is 24.5 Å². The molecule has 0 N–H and O–H groups in total. The number of nitrogens with zero attached hydrogens (tertiary/aromatic N) is 4. The number of aromatic nitrogens is 1. The van der Waals surface area contributed by atoms with E-state index in [1.54, 1.807) is 18.0 Å². The van der Waals surface area contributed by atoms with E-state index in [1.165, 1.54) is 28.0 Å². The van der Waals surface area contributed by atoms with Gasteiger partial charge in [-0.3, -0.25) is 14.5 Å². The number of anilines is 1. The molecule has 8 heteroatoms. The number of carbonyl (C=O) groups is 2. The Morgan fingerprint density at radius 1 is 1.26 bits per heavy atom. The highest BCUT2D eigenvalue weighted by Crippen LogP contribution is 2.44. The Kier molecular flexibility index (Phi) is 4.45. The van der Waals surface area contributed by atoms with Gasteiger partial charge in [0.15, 0.2) is 5.17 Å². The molecular formula is C19H16N4O2S2. The number of aliphatic imine (C=N–C) groups is 1. The first-order valence-electron chi connectivity index (χ1n) is 8.24. The molecule has 2 aliphatic heterocycles. The van der Waals surface area contributed by atoms with Gasteiger partial charge in [-0.25, -0.2) is 4.98 Å². The predicted octanol–water partition coefficient (Wildman–Crippen LogP) is 3.59. The standard InChI is InChI=1S/C19H16N4O2S2/c1-4-9-23-17(25)15(27-19(23)21-18-20-11(2)10-26-18)14-12-7-5-6-8-13(12)22(3)16(14)24/h4-8,10H,1,9H2,2-3H3/b15-14-,21-19+. The van der Waals surface area contributed by atoms with Crippen molar-refractivity contribution in [3.8, 4) is 0 Å². The number of hydrogen-bond donors (Lipinski definition) is 0. The molecule has 0 spiro atoms. The molecule has 2 aromatic rings. The Hall–Kier alpha value is -2.71. The third-order valence-corrected chi connectivity index (χ3v) is 6.18. The van der Waals surface area contributed by atoms with Gasteiger partial charge in [0.05, 0.1) is 21.9 Å². The minimum atomic E-state index is -0.236. The van der Waals surface area contributed by atoms with Crippen LogP contribution in [0.15, 0.2) is 52.2 Å². The summed E-state index contributed by atoms with van der Waals surface area (Å²) in [4.78, 5) is 38.3. The molecule has 3 heterocycles. The summed E-state index contributed by atoms with van der Waals surface area (Å²) >= 11 is 2.63. The predicted molar refractivity (Wildman–Crippen MR) is 110 cm³/mol. The summed E-state index contributed by atoms with van der Waals surface area (Å²) in [6.07, 6.45) is 1.64. The zero-order valence-corrected chi connectivity index (χ0v) is 16.4. The first kappa shape index (κ1) is 17.7. The van der Waals surface area contributed by atoms with Gasteiger partial charge in [-0.15, -0.1) is 17.9 Å². The van der Waals surface area contributed by atoms with Crippen LogP contribution in [0.5, 0.6) is 0 Å². The van der Waals surface area contributed by atoms with E-state index < -0.39 is 0 Å². The van der Waals surface area contributed by atoms with Gasteiger partial charge in [-0.1, -0.05) is 24.3 Å². The molecule has 0 bridgehead atoms. The highest BCUT2D eigenvalue weighted by Gasteiger charge is 2.41. The van der Waals surface area contributed by atoms with Gasteiger partial charge in [-0.2, -0.15) is 4.99 Å². The summed E-state index contributed by atoms with van der Waals surface area (Å²) < 4.78 is 0. The minimum Gasteiger partial charge on any atom is -0.311 e. The van der Waals surface area contributed by atoms with E-state index in [1.807, 2.05) is 36.6 Å². The fourth-order valence-corrected chi connectivity index (χ4v) is 4.80. The first-order chi connectivity index (χ1) is 13.0. The Balaban J connectivity index is 1.84. The van der Waals surface area contributed by atoms with Gasteiger partial charge in [0.2, 0.25) is 5.13 Å². The van der Waals surface area contributed by atoms with Crippen LogP contribution in [0, 0.1) is 6.92 Å². The second kappa shape index (κ2) is 6.79. The van der Waals surface area contributed by atoms with Crippen LogP contribution in [0.2, 0.25) is 0 Å². The van der Waals surface area contributed by atoms with Crippen molar-refractivity contribution < 1.29 is 9.59 Å². The second-order valence-electron chi connectivity index (χ2n) is 6.06. The number of amides is 2. The lowest BCUT2D eigenvalue weighted by Crippen LogP contribution is -2.29. The Bertz CT molecular complexity index is 1040. The molecule has 27 heavy (non-hydrogen) atoms. The number of likely N-dealkylation sites (N-methyl/N-ethyl adjacent to an activating group) is 1. The molecule has 0 unspecified atom stereocenters. The van der Waals surface area contributed by atoms with Gasteiger partial charge in [0.25, 0.3) is 11.8 Å². The summed E-state index contributed by atoms with van der Waals surface area (Å²) in [5.74, 6) is -0.419. The van der Waals surface area contributed by atoms with E-state index in [9.17, 15) is 9.59 Å².